The van der Waals surface area contributed by atoms with Gasteiger partial charge in [-0.15, -0.1) is 4.40 Å². The fourth-order valence-electron chi connectivity index (χ4n) is 4.06. The number of nitrogens with one attached hydrogen (secondary N) is 1. The van der Waals surface area contributed by atoms with Crippen molar-refractivity contribution in [2.45, 2.75) is 50.7 Å². The molecule has 176 valence electrons. The molecule has 2 aliphatic rings. The van der Waals surface area contributed by atoms with Gasteiger partial charge in [-0.3, -0.25) is 9.59 Å². The van der Waals surface area contributed by atoms with Gasteiger partial charge in [-0.1, -0.05) is 12.1 Å². The Kier molecular flexibility index (Phi) is 6.24. The van der Waals surface area contributed by atoms with Crippen LogP contribution in [0.2, 0.25) is 0 Å². The van der Waals surface area contributed by atoms with Gasteiger partial charge in [-0.05, 0) is 45.7 Å². The van der Waals surface area contributed by atoms with Crippen molar-refractivity contribution in [3.8, 4) is 0 Å². The molecule has 4 rings (SSSR count). The minimum absolute atomic E-state index is 0.0637. The lowest BCUT2D eigenvalue weighted by molar-refractivity contribution is -0.158. The van der Waals surface area contributed by atoms with Crippen LogP contribution >= 0.6 is 0 Å². The number of fused-ring (bicyclic) bond motifs is 1. The van der Waals surface area contributed by atoms with E-state index in [0.717, 1.165) is 0 Å². The first-order valence-corrected chi connectivity index (χ1v) is 12.4. The van der Waals surface area contributed by atoms with Crippen LogP contribution in [0.25, 0.3) is 0 Å². The highest BCUT2D eigenvalue weighted by molar-refractivity contribution is 7.90. The van der Waals surface area contributed by atoms with E-state index in [4.69, 9.17) is 4.74 Å². The third-order valence-electron chi connectivity index (χ3n) is 5.74. The van der Waals surface area contributed by atoms with Crippen molar-refractivity contribution in [2.75, 3.05) is 18.4 Å². The Labute approximate surface area is 192 Å². The van der Waals surface area contributed by atoms with Crippen LogP contribution in [0, 0.1) is 5.92 Å². The van der Waals surface area contributed by atoms with Crippen LogP contribution in [0.4, 0.5) is 5.82 Å². The first kappa shape index (κ1) is 23.0. The zero-order valence-corrected chi connectivity index (χ0v) is 19.6. The number of anilines is 1. The Morgan fingerprint density at radius 2 is 1.94 bits per heavy atom. The molecule has 1 fully saturated rings. The van der Waals surface area contributed by atoms with E-state index in [1.165, 1.54) is 13.0 Å². The first-order valence-electron chi connectivity index (χ1n) is 10.9. The van der Waals surface area contributed by atoms with E-state index in [0.29, 0.717) is 36.6 Å². The molecular formula is C22H27N5O5S. The highest BCUT2D eigenvalue weighted by Crippen LogP contribution is 2.30. The summed E-state index contributed by atoms with van der Waals surface area (Å²) in [7, 11) is -3.74. The van der Waals surface area contributed by atoms with Crippen molar-refractivity contribution in [2.24, 2.45) is 10.3 Å². The maximum absolute atomic E-state index is 12.8. The number of piperidine rings is 1. The molecule has 1 N–H and O–H groups in total. The Morgan fingerprint density at radius 1 is 1.18 bits per heavy atom. The summed E-state index contributed by atoms with van der Waals surface area (Å²) in [6.07, 6.45) is 1.86. The average Bonchev–Trinajstić information content (AvgIpc) is 3.36. The molecule has 3 heterocycles. The van der Waals surface area contributed by atoms with E-state index in [1.807, 2.05) is 18.7 Å². The number of hydrogen-bond acceptors (Lipinski definition) is 7. The second-order valence-electron chi connectivity index (χ2n) is 8.49. The molecule has 1 aromatic heterocycles. The number of aromatic nitrogens is 2. The summed E-state index contributed by atoms with van der Waals surface area (Å²) >= 11 is 0. The molecule has 10 nitrogen and oxygen atoms in total. The van der Waals surface area contributed by atoms with E-state index in [9.17, 15) is 18.0 Å². The summed E-state index contributed by atoms with van der Waals surface area (Å²) in [4.78, 5) is 27.4. The summed E-state index contributed by atoms with van der Waals surface area (Å²) in [5.41, 5.74) is 0.543. The molecule has 2 aliphatic heterocycles. The molecule has 0 bridgehead atoms. The maximum atomic E-state index is 12.8. The number of carbonyl (C=O) groups excluding carboxylic acids is 2. The molecular weight excluding hydrogens is 446 g/mol. The zero-order chi connectivity index (χ0) is 23.8. The summed E-state index contributed by atoms with van der Waals surface area (Å²) in [5, 5.41) is 6.91. The van der Waals surface area contributed by atoms with Gasteiger partial charge in [-0.2, -0.15) is 13.5 Å². The van der Waals surface area contributed by atoms with Gasteiger partial charge in [-0.25, -0.2) is 4.68 Å². The van der Waals surface area contributed by atoms with Crippen LogP contribution in [-0.4, -0.2) is 60.0 Å². The number of esters is 1. The highest BCUT2D eigenvalue weighted by atomic mass is 32.2. The molecule has 0 radical (unpaired) electrons. The molecule has 1 saturated heterocycles. The SMILES string of the molecule is CC(C)n1nccc1NC(=O)[C@@H](C)OC(=O)[C@@H]1CCCN(C2=NS(=O)(=O)c3ccccc32)C1. The third-order valence-corrected chi connectivity index (χ3v) is 7.06. The predicted octanol–water partition coefficient (Wildman–Crippen LogP) is 2.20. The second kappa shape index (κ2) is 8.97. The Hall–Kier alpha value is -3.21. The third kappa shape index (κ3) is 4.63. The smallest absolute Gasteiger partial charge is 0.311 e. The average molecular weight is 474 g/mol. The maximum Gasteiger partial charge on any atom is 0.311 e. The number of likely N-dealkylation sites (tertiary alicyclic amines) is 1. The fraction of sp³-hybridized carbons (Fsp3) is 0.455. The number of amides is 1. The van der Waals surface area contributed by atoms with Gasteiger partial charge in [0.2, 0.25) is 0 Å². The minimum Gasteiger partial charge on any atom is -0.452 e. The van der Waals surface area contributed by atoms with E-state index in [1.54, 1.807) is 35.1 Å². The topological polar surface area (TPSA) is 123 Å². The number of carbonyl (C=O) groups is 2. The highest BCUT2D eigenvalue weighted by Gasteiger charge is 2.36. The molecule has 1 aromatic carbocycles. The van der Waals surface area contributed by atoms with Crippen LogP contribution in [0.15, 0.2) is 45.8 Å². The predicted molar refractivity (Wildman–Crippen MR) is 121 cm³/mol. The lowest BCUT2D eigenvalue weighted by atomic mass is 9.97. The molecule has 0 saturated carbocycles. The van der Waals surface area contributed by atoms with Gasteiger partial charge in [0.25, 0.3) is 15.9 Å². The van der Waals surface area contributed by atoms with E-state index >= 15 is 0 Å². The van der Waals surface area contributed by atoms with Gasteiger partial charge in [0.15, 0.2) is 11.9 Å². The number of benzene rings is 1. The first-order chi connectivity index (χ1) is 15.7. The van der Waals surface area contributed by atoms with Gasteiger partial charge >= 0.3 is 5.97 Å². The van der Waals surface area contributed by atoms with Crippen LogP contribution in [0.5, 0.6) is 0 Å². The summed E-state index contributed by atoms with van der Waals surface area (Å²) in [5.74, 6) is -0.543. The molecule has 2 atom stereocenters. The van der Waals surface area contributed by atoms with Crippen LogP contribution in [0.3, 0.4) is 0 Å². The number of amidine groups is 1. The fourth-order valence-corrected chi connectivity index (χ4v) is 5.28. The number of hydrogen-bond donors (Lipinski definition) is 1. The van der Waals surface area contributed by atoms with Crippen molar-refractivity contribution >= 4 is 33.6 Å². The van der Waals surface area contributed by atoms with Crippen molar-refractivity contribution in [1.82, 2.24) is 14.7 Å². The molecule has 11 heteroatoms. The quantitative estimate of drug-likeness (QED) is 0.660. The van der Waals surface area contributed by atoms with E-state index in [2.05, 4.69) is 14.8 Å². The normalized spacial score (nSPS) is 20.2. The lowest BCUT2D eigenvalue weighted by Crippen LogP contribution is -2.44. The van der Waals surface area contributed by atoms with Crippen LogP contribution < -0.4 is 5.32 Å². The number of nitrogens with zero attached hydrogens (tertiary/aromatic N) is 4. The molecule has 1 amide bonds. The largest absolute Gasteiger partial charge is 0.452 e. The monoisotopic (exact) mass is 473 g/mol. The van der Waals surface area contributed by atoms with Crippen molar-refractivity contribution in [3.63, 3.8) is 0 Å². The zero-order valence-electron chi connectivity index (χ0n) is 18.8. The summed E-state index contributed by atoms with van der Waals surface area (Å²) in [6, 6.07) is 8.41. The van der Waals surface area contributed by atoms with Crippen LogP contribution in [-0.2, 0) is 24.3 Å². The van der Waals surface area contributed by atoms with Crippen molar-refractivity contribution < 1.29 is 22.7 Å². The molecule has 0 spiro atoms. The van der Waals surface area contributed by atoms with Crippen molar-refractivity contribution in [1.29, 1.82) is 0 Å². The molecule has 0 unspecified atom stereocenters. The van der Waals surface area contributed by atoms with E-state index in [-0.39, 0.29) is 17.5 Å². The Morgan fingerprint density at radius 3 is 2.70 bits per heavy atom. The van der Waals surface area contributed by atoms with Crippen LogP contribution in [0.1, 0.15) is 45.2 Å². The Balaban J connectivity index is 1.40. The van der Waals surface area contributed by atoms with Gasteiger partial charge in [0, 0.05) is 30.8 Å². The number of rotatable bonds is 5. The van der Waals surface area contributed by atoms with Crippen molar-refractivity contribution in [3.05, 3.63) is 42.1 Å². The number of sulfonamides is 1. The van der Waals surface area contributed by atoms with E-state index < -0.39 is 33.9 Å². The Bertz CT molecular complexity index is 1200. The number of ether oxygens (including phenoxy) is 1. The lowest BCUT2D eigenvalue weighted by Gasteiger charge is -2.33. The van der Waals surface area contributed by atoms with Gasteiger partial charge in [0.05, 0.1) is 12.1 Å². The second-order valence-corrected chi connectivity index (χ2v) is 10.1. The molecule has 0 aliphatic carbocycles. The summed E-state index contributed by atoms with van der Waals surface area (Å²) in [6.45, 7) is 6.27. The molecule has 2 aromatic rings. The standard InChI is InChI=1S/C22H27N5O5S/c1-14(2)27-19(10-11-23-27)24-21(28)15(3)32-22(29)16-7-6-12-26(13-16)20-17-8-4-5-9-18(17)33(30,31)25-20/h4-5,8-11,14-16H,6-7,12-13H2,1-3H3,(H,24,28)/t15-,16-/m1/s1. The molecule has 33 heavy (non-hydrogen) atoms. The summed E-state index contributed by atoms with van der Waals surface area (Å²) < 4.78 is 35.8. The minimum atomic E-state index is -3.74. The van der Waals surface area contributed by atoms with Gasteiger partial charge in [0.1, 0.15) is 10.7 Å². The van der Waals surface area contributed by atoms with Gasteiger partial charge < -0.3 is 15.0 Å².